The lowest BCUT2D eigenvalue weighted by Gasteiger charge is -2.00. The van der Waals surface area contributed by atoms with Gasteiger partial charge in [-0.1, -0.05) is 0 Å². The Morgan fingerprint density at radius 2 is 2.06 bits per heavy atom. The van der Waals surface area contributed by atoms with E-state index in [-0.39, 0.29) is 24.6 Å². The van der Waals surface area contributed by atoms with Crippen LogP contribution in [0.15, 0.2) is 29.4 Å². The van der Waals surface area contributed by atoms with E-state index in [1.807, 2.05) is 0 Å². The SMILES string of the molecule is CC(=O)CC(=O)OC/C=N\Nc1ccc(F)cc1. The Morgan fingerprint density at radius 3 is 2.67 bits per heavy atom. The first kappa shape index (κ1) is 13.8. The van der Waals surface area contributed by atoms with E-state index in [1.54, 1.807) is 0 Å². The van der Waals surface area contributed by atoms with Gasteiger partial charge in [-0.15, -0.1) is 0 Å². The quantitative estimate of drug-likeness (QED) is 0.362. The predicted octanol–water partition coefficient (Wildman–Crippen LogP) is 1.75. The number of rotatable bonds is 6. The Labute approximate surface area is 104 Å². The lowest BCUT2D eigenvalue weighted by molar-refractivity contribution is -0.144. The summed E-state index contributed by atoms with van der Waals surface area (Å²) >= 11 is 0. The van der Waals surface area contributed by atoms with Crippen molar-refractivity contribution >= 4 is 23.7 Å². The standard InChI is InChI=1S/C12H13FN2O3/c1-9(16)8-12(17)18-7-6-14-15-11-4-2-10(13)3-5-11/h2-6,15H,7-8H2,1H3/b14-6-. The van der Waals surface area contributed by atoms with Gasteiger partial charge >= 0.3 is 5.97 Å². The van der Waals surface area contributed by atoms with Gasteiger partial charge < -0.3 is 4.74 Å². The summed E-state index contributed by atoms with van der Waals surface area (Å²) in [5.41, 5.74) is 3.24. The fourth-order valence-electron chi connectivity index (χ4n) is 1.07. The zero-order chi connectivity index (χ0) is 13.4. The van der Waals surface area contributed by atoms with Crippen molar-refractivity contribution in [2.75, 3.05) is 12.0 Å². The maximum Gasteiger partial charge on any atom is 0.313 e. The van der Waals surface area contributed by atoms with Crippen LogP contribution in [-0.2, 0) is 14.3 Å². The molecule has 0 saturated heterocycles. The summed E-state index contributed by atoms with van der Waals surface area (Å²) in [4.78, 5) is 21.5. The zero-order valence-corrected chi connectivity index (χ0v) is 9.85. The number of benzene rings is 1. The summed E-state index contributed by atoms with van der Waals surface area (Å²) in [6.45, 7) is 1.28. The summed E-state index contributed by atoms with van der Waals surface area (Å²) < 4.78 is 17.3. The van der Waals surface area contributed by atoms with Gasteiger partial charge in [-0.25, -0.2) is 4.39 Å². The van der Waals surface area contributed by atoms with Gasteiger partial charge in [-0.2, -0.15) is 5.10 Å². The number of hydrogen-bond donors (Lipinski definition) is 1. The number of hydrazone groups is 1. The molecule has 1 aromatic rings. The number of Topliss-reactive ketones (excluding diaryl/α,β-unsaturated/α-hetero) is 1. The van der Waals surface area contributed by atoms with Crippen molar-refractivity contribution in [2.24, 2.45) is 5.10 Å². The van der Waals surface area contributed by atoms with E-state index in [2.05, 4.69) is 10.5 Å². The van der Waals surface area contributed by atoms with Crippen molar-refractivity contribution < 1.29 is 18.7 Å². The largest absolute Gasteiger partial charge is 0.459 e. The van der Waals surface area contributed by atoms with Crippen molar-refractivity contribution in [3.05, 3.63) is 30.1 Å². The third kappa shape index (κ3) is 5.74. The molecule has 1 N–H and O–H groups in total. The van der Waals surface area contributed by atoms with Gasteiger partial charge in [0.25, 0.3) is 0 Å². The van der Waals surface area contributed by atoms with E-state index in [4.69, 9.17) is 4.74 Å². The van der Waals surface area contributed by atoms with E-state index in [0.29, 0.717) is 5.69 Å². The molecule has 18 heavy (non-hydrogen) atoms. The molecule has 0 atom stereocenters. The molecule has 96 valence electrons. The number of halogens is 1. The topological polar surface area (TPSA) is 67.8 Å². The Hall–Kier alpha value is -2.24. The van der Waals surface area contributed by atoms with Crippen molar-refractivity contribution in [3.63, 3.8) is 0 Å². The van der Waals surface area contributed by atoms with Crippen molar-refractivity contribution in [2.45, 2.75) is 13.3 Å². The maximum absolute atomic E-state index is 12.6. The van der Waals surface area contributed by atoms with E-state index in [9.17, 15) is 14.0 Å². The van der Waals surface area contributed by atoms with Gasteiger partial charge in [0.2, 0.25) is 0 Å². The second kappa shape index (κ2) is 7.16. The summed E-state index contributed by atoms with van der Waals surface area (Å²) in [6, 6.07) is 5.64. The third-order valence-corrected chi connectivity index (χ3v) is 1.84. The number of hydrogen-bond acceptors (Lipinski definition) is 5. The van der Waals surface area contributed by atoms with Gasteiger partial charge in [-0.3, -0.25) is 15.0 Å². The van der Waals surface area contributed by atoms with Crippen LogP contribution in [0.3, 0.4) is 0 Å². The molecule has 0 fully saturated rings. The Bertz CT molecular complexity index is 443. The molecule has 1 aromatic carbocycles. The van der Waals surface area contributed by atoms with Gasteiger partial charge in [-0.05, 0) is 31.2 Å². The summed E-state index contributed by atoms with van der Waals surface area (Å²) in [5.74, 6) is -1.17. The van der Waals surface area contributed by atoms with Crippen LogP contribution in [0.4, 0.5) is 10.1 Å². The molecule has 0 aliphatic carbocycles. The van der Waals surface area contributed by atoms with Gasteiger partial charge in [0.15, 0.2) is 0 Å². The van der Waals surface area contributed by atoms with E-state index in [0.717, 1.165) is 0 Å². The first-order valence-electron chi connectivity index (χ1n) is 5.26. The zero-order valence-electron chi connectivity index (χ0n) is 9.85. The summed E-state index contributed by atoms with van der Waals surface area (Å²) in [5, 5.41) is 3.76. The minimum Gasteiger partial charge on any atom is -0.459 e. The first-order chi connectivity index (χ1) is 8.58. The molecule has 0 radical (unpaired) electrons. The number of nitrogens with zero attached hydrogens (tertiary/aromatic N) is 1. The van der Waals surface area contributed by atoms with E-state index in [1.165, 1.54) is 37.4 Å². The highest BCUT2D eigenvalue weighted by atomic mass is 19.1. The smallest absolute Gasteiger partial charge is 0.313 e. The fraction of sp³-hybridized carbons (Fsp3) is 0.250. The van der Waals surface area contributed by atoms with Crippen LogP contribution in [0.5, 0.6) is 0 Å². The molecule has 0 amide bonds. The minimum atomic E-state index is -0.587. The van der Waals surface area contributed by atoms with Crippen LogP contribution in [0.1, 0.15) is 13.3 Å². The number of anilines is 1. The maximum atomic E-state index is 12.6. The number of esters is 1. The number of ether oxygens (including phenoxy) is 1. The predicted molar refractivity (Wildman–Crippen MR) is 64.8 cm³/mol. The molecule has 0 aliphatic rings. The molecule has 0 spiro atoms. The average molecular weight is 252 g/mol. The molecule has 0 heterocycles. The first-order valence-corrected chi connectivity index (χ1v) is 5.26. The van der Waals surface area contributed by atoms with E-state index < -0.39 is 5.97 Å². The Balaban J connectivity index is 2.23. The number of nitrogens with one attached hydrogen (secondary N) is 1. The molecule has 5 nitrogen and oxygen atoms in total. The molecule has 0 bridgehead atoms. The van der Waals surface area contributed by atoms with Crippen molar-refractivity contribution in [3.8, 4) is 0 Å². The number of ketones is 1. The monoisotopic (exact) mass is 252 g/mol. The van der Waals surface area contributed by atoms with Crippen LogP contribution < -0.4 is 5.43 Å². The second-order valence-corrected chi connectivity index (χ2v) is 3.49. The number of carbonyl (C=O) groups is 2. The Kier molecular flexibility index (Phi) is 5.50. The third-order valence-electron chi connectivity index (χ3n) is 1.84. The van der Waals surface area contributed by atoms with Crippen LogP contribution >= 0.6 is 0 Å². The van der Waals surface area contributed by atoms with Crippen LogP contribution in [-0.4, -0.2) is 24.6 Å². The highest BCUT2D eigenvalue weighted by molar-refractivity contribution is 5.94. The molecule has 1 rings (SSSR count). The summed E-state index contributed by atoms with van der Waals surface area (Å²) in [6.07, 6.45) is 1.10. The number of carbonyl (C=O) groups excluding carboxylic acids is 2. The van der Waals surface area contributed by atoms with Gasteiger partial charge in [0.05, 0.1) is 11.9 Å². The van der Waals surface area contributed by atoms with Crippen LogP contribution in [0.2, 0.25) is 0 Å². The average Bonchev–Trinajstić information content (AvgIpc) is 2.30. The molecule has 0 aliphatic heterocycles. The van der Waals surface area contributed by atoms with Gasteiger partial charge in [0, 0.05) is 0 Å². The lowest BCUT2D eigenvalue weighted by Crippen LogP contribution is -2.10. The molecule has 0 unspecified atom stereocenters. The molecule has 0 saturated carbocycles. The molecule has 6 heteroatoms. The highest BCUT2D eigenvalue weighted by Crippen LogP contribution is 2.07. The summed E-state index contributed by atoms with van der Waals surface area (Å²) in [7, 11) is 0. The van der Waals surface area contributed by atoms with Crippen molar-refractivity contribution in [1.82, 2.24) is 0 Å². The van der Waals surface area contributed by atoms with Crippen molar-refractivity contribution in [1.29, 1.82) is 0 Å². The minimum absolute atomic E-state index is 0.0275. The lowest BCUT2D eigenvalue weighted by atomic mass is 10.3. The molecular weight excluding hydrogens is 239 g/mol. The normalized spacial score (nSPS) is 10.3. The Morgan fingerprint density at radius 1 is 1.39 bits per heavy atom. The fourth-order valence-corrected chi connectivity index (χ4v) is 1.07. The van der Waals surface area contributed by atoms with Gasteiger partial charge in [0.1, 0.15) is 24.6 Å². The van der Waals surface area contributed by atoms with Crippen LogP contribution in [0.25, 0.3) is 0 Å². The highest BCUT2D eigenvalue weighted by Gasteiger charge is 2.04. The van der Waals surface area contributed by atoms with E-state index >= 15 is 0 Å². The molecule has 0 aromatic heterocycles. The second-order valence-electron chi connectivity index (χ2n) is 3.49. The van der Waals surface area contributed by atoms with Crippen LogP contribution in [0, 0.1) is 5.82 Å². The molecular formula is C12H13FN2O3.